The van der Waals surface area contributed by atoms with E-state index in [-0.39, 0.29) is 17.7 Å². The van der Waals surface area contributed by atoms with E-state index in [1.807, 2.05) is 54.6 Å². The maximum Gasteiger partial charge on any atom is 0.322 e. The van der Waals surface area contributed by atoms with E-state index < -0.39 is 0 Å². The number of thioether (sulfide) groups is 1. The molecule has 0 aliphatic carbocycles. The first-order chi connectivity index (χ1) is 14.2. The van der Waals surface area contributed by atoms with Gasteiger partial charge in [-0.3, -0.25) is 15.2 Å². The number of anilines is 1. The number of aromatic amines is 1. The van der Waals surface area contributed by atoms with Crippen molar-refractivity contribution in [3.8, 4) is 28.6 Å². The van der Waals surface area contributed by atoms with Crippen molar-refractivity contribution in [1.82, 2.24) is 25.4 Å². The minimum absolute atomic E-state index is 0.0448. The standard InChI is InChI=1S/C19H16N6O3S/c1-27-14-9-7-12(8-10-14)16-21-19(25-22-16)29-11-15(26)20-18-24-23-17(28-18)13-5-3-2-4-6-13/h2-10H,11H2,1H3,(H,20,24,26)(H,21,22,25). The highest BCUT2D eigenvalue weighted by atomic mass is 32.2. The fourth-order valence-electron chi connectivity index (χ4n) is 2.45. The predicted molar refractivity (Wildman–Crippen MR) is 107 cm³/mol. The number of ether oxygens (including phenoxy) is 1. The molecule has 0 saturated heterocycles. The molecule has 4 rings (SSSR count). The SMILES string of the molecule is COc1ccc(-c2nc(SCC(=O)Nc3nnc(-c4ccccc4)o3)n[nH]2)cc1. The molecule has 0 bridgehead atoms. The Balaban J connectivity index is 1.32. The molecule has 2 N–H and O–H groups in total. The molecule has 0 atom stereocenters. The first kappa shape index (κ1) is 18.7. The van der Waals surface area contributed by atoms with Crippen LogP contribution in [0.15, 0.2) is 64.2 Å². The summed E-state index contributed by atoms with van der Waals surface area (Å²) in [6.45, 7) is 0. The van der Waals surface area contributed by atoms with Crippen LogP contribution in [0.1, 0.15) is 0 Å². The maximum absolute atomic E-state index is 12.1. The second kappa shape index (κ2) is 8.57. The summed E-state index contributed by atoms with van der Waals surface area (Å²) >= 11 is 1.19. The zero-order valence-corrected chi connectivity index (χ0v) is 16.1. The second-order valence-electron chi connectivity index (χ2n) is 5.81. The van der Waals surface area contributed by atoms with E-state index in [0.717, 1.165) is 16.9 Å². The summed E-state index contributed by atoms with van der Waals surface area (Å²) in [5.41, 5.74) is 1.65. The van der Waals surface area contributed by atoms with Crippen molar-refractivity contribution < 1.29 is 13.9 Å². The molecule has 0 unspecified atom stereocenters. The number of benzene rings is 2. The van der Waals surface area contributed by atoms with E-state index in [1.54, 1.807) is 7.11 Å². The van der Waals surface area contributed by atoms with Crippen LogP contribution in [0, 0.1) is 0 Å². The van der Waals surface area contributed by atoms with Gasteiger partial charge in [-0.2, -0.15) is 0 Å². The molecule has 9 nitrogen and oxygen atoms in total. The molecular formula is C19H16N6O3S. The van der Waals surface area contributed by atoms with Gasteiger partial charge in [0, 0.05) is 11.1 Å². The number of methoxy groups -OCH3 is 1. The fraction of sp³-hybridized carbons (Fsp3) is 0.105. The summed E-state index contributed by atoms with van der Waals surface area (Å²) in [5, 5.41) is 17.8. The van der Waals surface area contributed by atoms with Crippen LogP contribution in [0.4, 0.5) is 6.01 Å². The minimum Gasteiger partial charge on any atom is -0.497 e. The van der Waals surface area contributed by atoms with Crippen LogP contribution in [0.3, 0.4) is 0 Å². The van der Waals surface area contributed by atoms with Gasteiger partial charge in [0.15, 0.2) is 5.82 Å². The molecule has 0 fully saturated rings. The topological polar surface area (TPSA) is 119 Å². The van der Waals surface area contributed by atoms with Crippen molar-refractivity contribution in [2.75, 3.05) is 18.2 Å². The first-order valence-corrected chi connectivity index (χ1v) is 9.58. The quantitative estimate of drug-likeness (QED) is 0.447. The number of aromatic nitrogens is 5. The molecule has 10 heteroatoms. The summed E-state index contributed by atoms with van der Waals surface area (Å²) < 4.78 is 10.6. The second-order valence-corrected chi connectivity index (χ2v) is 6.75. The normalized spacial score (nSPS) is 10.7. The van der Waals surface area contributed by atoms with Gasteiger partial charge in [-0.05, 0) is 36.4 Å². The van der Waals surface area contributed by atoms with Crippen LogP contribution in [0.25, 0.3) is 22.8 Å². The van der Waals surface area contributed by atoms with E-state index in [2.05, 4.69) is 30.7 Å². The third kappa shape index (κ3) is 4.61. The molecule has 2 aromatic heterocycles. The summed E-state index contributed by atoms with van der Waals surface area (Å²) in [5.74, 6) is 1.51. The molecule has 4 aromatic rings. The Hall–Kier alpha value is -3.66. The Labute approximate surface area is 169 Å². The smallest absolute Gasteiger partial charge is 0.322 e. The maximum atomic E-state index is 12.1. The molecular weight excluding hydrogens is 392 g/mol. The summed E-state index contributed by atoms with van der Waals surface area (Å²) in [4.78, 5) is 16.5. The number of hydrogen-bond donors (Lipinski definition) is 2. The van der Waals surface area contributed by atoms with Gasteiger partial charge in [0.2, 0.25) is 17.0 Å². The largest absolute Gasteiger partial charge is 0.497 e. The van der Waals surface area contributed by atoms with Crippen LogP contribution in [0.5, 0.6) is 5.75 Å². The summed E-state index contributed by atoms with van der Waals surface area (Å²) in [6.07, 6.45) is 0. The van der Waals surface area contributed by atoms with Crippen molar-refractivity contribution >= 4 is 23.7 Å². The van der Waals surface area contributed by atoms with Crippen molar-refractivity contribution in [3.63, 3.8) is 0 Å². The van der Waals surface area contributed by atoms with E-state index in [9.17, 15) is 4.79 Å². The number of rotatable bonds is 7. The third-order valence-electron chi connectivity index (χ3n) is 3.85. The molecule has 2 heterocycles. The molecule has 0 aliphatic rings. The van der Waals surface area contributed by atoms with Gasteiger partial charge in [0.05, 0.1) is 12.9 Å². The van der Waals surface area contributed by atoms with E-state index in [4.69, 9.17) is 9.15 Å². The highest BCUT2D eigenvalue weighted by Gasteiger charge is 2.13. The Morgan fingerprint density at radius 1 is 1.10 bits per heavy atom. The third-order valence-corrected chi connectivity index (χ3v) is 4.70. The van der Waals surface area contributed by atoms with Gasteiger partial charge < -0.3 is 9.15 Å². The average Bonchev–Trinajstić information content (AvgIpc) is 3.43. The molecule has 0 aliphatic heterocycles. The zero-order valence-electron chi connectivity index (χ0n) is 15.3. The van der Waals surface area contributed by atoms with Gasteiger partial charge in [-0.25, -0.2) is 4.98 Å². The lowest BCUT2D eigenvalue weighted by Crippen LogP contribution is -2.14. The van der Waals surface area contributed by atoms with Crippen molar-refractivity contribution in [2.45, 2.75) is 5.16 Å². The van der Waals surface area contributed by atoms with Crippen LogP contribution in [-0.4, -0.2) is 44.1 Å². The van der Waals surface area contributed by atoms with E-state index >= 15 is 0 Å². The van der Waals surface area contributed by atoms with Gasteiger partial charge in [-0.15, -0.1) is 10.2 Å². The van der Waals surface area contributed by atoms with Gasteiger partial charge >= 0.3 is 6.01 Å². The lowest BCUT2D eigenvalue weighted by atomic mass is 10.2. The first-order valence-electron chi connectivity index (χ1n) is 8.59. The van der Waals surface area contributed by atoms with Gasteiger partial charge in [-0.1, -0.05) is 35.1 Å². The fourth-order valence-corrected chi connectivity index (χ4v) is 3.04. The van der Waals surface area contributed by atoms with Crippen LogP contribution >= 0.6 is 11.8 Å². The Morgan fingerprint density at radius 2 is 1.90 bits per heavy atom. The molecule has 29 heavy (non-hydrogen) atoms. The number of nitrogens with one attached hydrogen (secondary N) is 2. The Morgan fingerprint density at radius 3 is 2.66 bits per heavy atom. The number of hydrogen-bond acceptors (Lipinski definition) is 8. The van der Waals surface area contributed by atoms with Crippen LogP contribution in [0.2, 0.25) is 0 Å². The minimum atomic E-state index is -0.297. The zero-order chi connectivity index (χ0) is 20.1. The Kier molecular flexibility index (Phi) is 5.52. The summed E-state index contributed by atoms with van der Waals surface area (Å²) in [6, 6.07) is 16.8. The number of carbonyl (C=O) groups is 1. The lowest BCUT2D eigenvalue weighted by Gasteiger charge is -2.00. The number of amides is 1. The molecule has 0 spiro atoms. The number of carbonyl (C=O) groups excluding carboxylic acids is 1. The van der Waals surface area contributed by atoms with Crippen LogP contribution in [-0.2, 0) is 4.79 Å². The van der Waals surface area contributed by atoms with Crippen molar-refractivity contribution in [1.29, 1.82) is 0 Å². The Bertz CT molecular complexity index is 1090. The number of H-pyrrole nitrogens is 1. The number of nitrogens with zero attached hydrogens (tertiary/aromatic N) is 4. The molecule has 1 amide bonds. The highest BCUT2D eigenvalue weighted by molar-refractivity contribution is 7.99. The van der Waals surface area contributed by atoms with Crippen LogP contribution < -0.4 is 10.1 Å². The van der Waals surface area contributed by atoms with Crippen molar-refractivity contribution in [3.05, 3.63) is 54.6 Å². The average molecular weight is 408 g/mol. The molecule has 146 valence electrons. The monoisotopic (exact) mass is 408 g/mol. The van der Waals surface area contributed by atoms with E-state index in [0.29, 0.717) is 16.9 Å². The van der Waals surface area contributed by atoms with Gasteiger partial charge in [0.1, 0.15) is 5.75 Å². The summed E-state index contributed by atoms with van der Waals surface area (Å²) in [7, 11) is 1.61. The highest BCUT2D eigenvalue weighted by Crippen LogP contribution is 2.22. The molecule has 0 saturated carbocycles. The van der Waals surface area contributed by atoms with Gasteiger partial charge in [0.25, 0.3) is 0 Å². The molecule has 2 aromatic carbocycles. The van der Waals surface area contributed by atoms with E-state index in [1.165, 1.54) is 11.8 Å². The van der Waals surface area contributed by atoms with Crippen molar-refractivity contribution in [2.24, 2.45) is 0 Å². The predicted octanol–water partition coefficient (Wildman–Crippen LogP) is 3.26. The molecule has 0 radical (unpaired) electrons. The lowest BCUT2D eigenvalue weighted by molar-refractivity contribution is -0.113.